The number of rotatable bonds is 4. The Labute approximate surface area is 121 Å². The Morgan fingerprint density at radius 1 is 1.16 bits per heavy atom. The minimum atomic E-state index is 0.433. The third kappa shape index (κ3) is 3.34. The third-order valence-electron chi connectivity index (χ3n) is 4.37. The van der Waals surface area contributed by atoms with Gasteiger partial charge in [-0.25, -0.2) is 0 Å². The summed E-state index contributed by atoms with van der Waals surface area (Å²) in [6.45, 7) is 9.20. The van der Waals surface area contributed by atoms with Crippen LogP contribution < -0.4 is 5.32 Å². The minimum absolute atomic E-state index is 0.433. The molecule has 0 saturated heterocycles. The molecule has 1 aromatic heterocycles. The smallest absolute Gasteiger partial charge is 0.0829 e. The average molecular weight is 281 g/mol. The van der Waals surface area contributed by atoms with Gasteiger partial charge in [0, 0.05) is 6.04 Å². The highest BCUT2D eigenvalue weighted by molar-refractivity contribution is 7.05. The molecule has 0 aliphatic heterocycles. The summed E-state index contributed by atoms with van der Waals surface area (Å²) >= 11 is 1.58. The summed E-state index contributed by atoms with van der Waals surface area (Å²) in [6, 6.07) is 0.433. The summed E-state index contributed by atoms with van der Waals surface area (Å²) < 4.78 is 4.20. The van der Waals surface area contributed by atoms with Crippen molar-refractivity contribution in [1.82, 2.24) is 14.9 Å². The Bertz CT molecular complexity index is 392. The van der Waals surface area contributed by atoms with Crippen molar-refractivity contribution in [2.45, 2.75) is 58.9 Å². The molecule has 0 radical (unpaired) electrons. The molecule has 19 heavy (non-hydrogen) atoms. The van der Waals surface area contributed by atoms with Crippen molar-refractivity contribution in [2.75, 3.05) is 7.05 Å². The zero-order chi connectivity index (χ0) is 14.0. The fourth-order valence-electron chi connectivity index (χ4n) is 3.68. The molecule has 1 fully saturated rings. The van der Waals surface area contributed by atoms with Gasteiger partial charge in [0.05, 0.1) is 10.6 Å². The van der Waals surface area contributed by atoms with E-state index in [-0.39, 0.29) is 0 Å². The fraction of sp³-hybridized carbons (Fsp3) is 0.867. The van der Waals surface area contributed by atoms with Gasteiger partial charge in [-0.05, 0) is 61.5 Å². The molecular weight excluding hydrogens is 254 g/mol. The van der Waals surface area contributed by atoms with Crippen molar-refractivity contribution in [1.29, 1.82) is 0 Å². The zero-order valence-corrected chi connectivity index (χ0v) is 13.6. The summed E-state index contributed by atoms with van der Waals surface area (Å²) in [7, 11) is 2.08. The van der Waals surface area contributed by atoms with Crippen molar-refractivity contribution in [3.05, 3.63) is 10.6 Å². The number of aromatic nitrogens is 2. The van der Waals surface area contributed by atoms with Gasteiger partial charge in [0.1, 0.15) is 0 Å². The second kappa shape index (κ2) is 6.31. The van der Waals surface area contributed by atoms with E-state index in [9.17, 15) is 0 Å². The van der Waals surface area contributed by atoms with Crippen LogP contribution in [-0.2, 0) is 0 Å². The molecule has 4 heteroatoms. The number of nitrogens with zero attached hydrogens (tertiary/aromatic N) is 2. The quantitative estimate of drug-likeness (QED) is 0.906. The number of hydrogen-bond donors (Lipinski definition) is 1. The van der Waals surface area contributed by atoms with Crippen molar-refractivity contribution in [2.24, 2.45) is 17.8 Å². The molecule has 1 aromatic rings. The maximum absolute atomic E-state index is 4.35. The van der Waals surface area contributed by atoms with Crippen LogP contribution in [0.15, 0.2) is 0 Å². The maximum atomic E-state index is 4.35. The number of nitrogens with one attached hydrogen (secondary N) is 1. The molecule has 0 aromatic carbocycles. The Morgan fingerprint density at radius 3 is 2.32 bits per heavy atom. The van der Waals surface area contributed by atoms with Crippen LogP contribution in [0.3, 0.4) is 0 Å². The topological polar surface area (TPSA) is 37.8 Å². The first-order chi connectivity index (χ1) is 9.02. The summed E-state index contributed by atoms with van der Waals surface area (Å²) in [5, 5.41) is 7.89. The lowest BCUT2D eigenvalue weighted by Crippen LogP contribution is -2.31. The normalized spacial score (nSPS) is 29.7. The summed E-state index contributed by atoms with van der Waals surface area (Å²) in [6.07, 6.45) is 4.03. The summed E-state index contributed by atoms with van der Waals surface area (Å²) in [5.41, 5.74) is 1.19. The number of hydrogen-bond acceptors (Lipinski definition) is 4. The molecule has 1 saturated carbocycles. The van der Waals surface area contributed by atoms with E-state index < -0.39 is 0 Å². The van der Waals surface area contributed by atoms with Gasteiger partial charge in [0.25, 0.3) is 0 Å². The molecule has 0 spiro atoms. The summed E-state index contributed by atoms with van der Waals surface area (Å²) in [4.78, 5) is 1.36. The molecule has 1 heterocycles. The molecule has 2 rings (SSSR count). The Hall–Kier alpha value is -0.480. The average Bonchev–Trinajstić information content (AvgIpc) is 2.78. The maximum Gasteiger partial charge on any atom is 0.0829 e. The van der Waals surface area contributed by atoms with Gasteiger partial charge in [0.2, 0.25) is 0 Å². The Balaban J connectivity index is 2.21. The lowest BCUT2D eigenvalue weighted by Gasteiger charge is -2.36. The minimum Gasteiger partial charge on any atom is -0.312 e. The molecule has 1 aliphatic carbocycles. The van der Waals surface area contributed by atoms with E-state index >= 15 is 0 Å². The van der Waals surface area contributed by atoms with E-state index in [0.29, 0.717) is 12.0 Å². The molecule has 0 amide bonds. The SMILES string of the molecule is CNC(c1snnc1C(C)C)C1CC(C)CC(C)C1. The van der Waals surface area contributed by atoms with Crippen molar-refractivity contribution < 1.29 is 0 Å². The monoisotopic (exact) mass is 281 g/mol. The van der Waals surface area contributed by atoms with Gasteiger partial charge in [-0.2, -0.15) is 0 Å². The van der Waals surface area contributed by atoms with Crippen LogP contribution in [0.4, 0.5) is 0 Å². The lowest BCUT2D eigenvalue weighted by atomic mass is 9.73. The Kier molecular flexibility index (Phi) is 4.96. The Morgan fingerprint density at radius 2 is 1.79 bits per heavy atom. The first-order valence-corrected chi connectivity index (χ1v) is 8.29. The molecule has 1 aliphatic rings. The third-order valence-corrected chi connectivity index (χ3v) is 5.19. The van der Waals surface area contributed by atoms with Gasteiger partial charge in [-0.1, -0.05) is 32.2 Å². The van der Waals surface area contributed by atoms with E-state index in [4.69, 9.17) is 0 Å². The largest absolute Gasteiger partial charge is 0.312 e. The predicted molar refractivity (Wildman–Crippen MR) is 81.5 cm³/mol. The highest BCUT2D eigenvalue weighted by atomic mass is 32.1. The molecule has 1 N–H and O–H groups in total. The molecule has 3 atom stereocenters. The van der Waals surface area contributed by atoms with E-state index in [1.165, 1.54) is 29.8 Å². The van der Waals surface area contributed by atoms with Gasteiger partial charge in [-0.15, -0.1) is 5.10 Å². The van der Waals surface area contributed by atoms with Gasteiger partial charge >= 0.3 is 0 Å². The van der Waals surface area contributed by atoms with E-state index in [0.717, 1.165) is 17.8 Å². The molecule has 3 nitrogen and oxygen atoms in total. The highest BCUT2D eigenvalue weighted by Gasteiger charge is 2.33. The summed E-state index contributed by atoms with van der Waals surface area (Å²) in [5.74, 6) is 2.87. The van der Waals surface area contributed by atoms with Crippen LogP contribution in [-0.4, -0.2) is 16.6 Å². The molecular formula is C15H27N3S. The second-order valence-corrected chi connectivity index (χ2v) is 7.41. The van der Waals surface area contributed by atoms with Crippen LogP contribution >= 0.6 is 11.5 Å². The van der Waals surface area contributed by atoms with E-state index in [2.05, 4.69) is 49.6 Å². The van der Waals surface area contributed by atoms with Crippen LogP contribution in [0.2, 0.25) is 0 Å². The van der Waals surface area contributed by atoms with Crippen LogP contribution in [0.5, 0.6) is 0 Å². The van der Waals surface area contributed by atoms with Crippen molar-refractivity contribution >= 4 is 11.5 Å². The molecule has 108 valence electrons. The van der Waals surface area contributed by atoms with Crippen LogP contribution in [0.1, 0.15) is 69.5 Å². The van der Waals surface area contributed by atoms with Crippen molar-refractivity contribution in [3.63, 3.8) is 0 Å². The lowest BCUT2D eigenvalue weighted by molar-refractivity contribution is 0.181. The predicted octanol–water partition coefficient (Wildman–Crippen LogP) is 3.99. The van der Waals surface area contributed by atoms with Crippen LogP contribution in [0, 0.1) is 17.8 Å². The van der Waals surface area contributed by atoms with E-state index in [1.807, 2.05) is 0 Å². The van der Waals surface area contributed by atoms with Crippen molar-refractivity contribution in [3.8, 4) is 0 Å². The highest BCUT2D eigenvalue weighted by Crippen LogP contribution is 2.41. The molecule has 0 bridgehead atoms. The fourth-order valence-corrected chi connectivity index (χ4v) is 4.69. The second-order valence-electron chi connectivity index (χ2n) is 6.62. The van der Waals surface area contributed by atoms with Gasteiger partial charge < -0.3 is 5.32 Å². The zero-order valence-electron chi connectivity index (χ0n) is 12.8. The van der Waals surface area contributed by atoms with E-state index in [1.54, 1.807) is 11.5 Å². The first kappa shape index (κ1) is 14.9. The van der Waals surface area contributed by atoms with Gasteiger partial charge in [0.15, 0.2) is 0 Å². The first-order valence-electron chi connectivity index (χ1n) is 7.52. The van der Waals surface area contributed by atoms with Gasteiger partial charge in [-0.3, -0.25) is 0 Å². The molecule has 3 unspecified atom stereocenters. The standard InChI is InChI=1S/C15H27N3S/c1-9(2)13-15(19-18-17-13)14(16-5)12-7-10(3)6-11(4)8-12/h9-12,14,16H,6-8H2,1-5H3. The van der Waals surface area contributed by atoms with Crippen LogP contribution in [0.25, 0.3) is 0 Å².